The Hall–Kier alpha value is -1.06. The van der Waals surface area contributed by atoms with E-state index in [0.717, 1.165) is 32.1 Å². The number of fused-ring (bicyclic) bond motifs is 1. The molecule has 3 nitrogen and oxygen atoms in total. The Morgan fingerprint density at radius 1 is 1.29 bits per heavy atom. The Morgan fingerprint density at radius 2 is 1.90 bits per heavy atom. The maximum atomic E-state index is 12.5. The summed E-state index contributed by atoms with van der Waals surface area (Å²) in [5.41, 5.74) is 8.25. The van der Waals surface area contributed by atoms with Crippen molar-refractivity contribution < 1.29 is 4.79 Å². The van der Waals surface area contributed by atoms with E-state index in [1.54, 1.807) is 0 Å². The van der Waals surface area contributed by atoms with Gasteiger partial charge in [-0.3, -0.25) is 4.79 Å². The summed E-state index contributed by atoms with van der Waals surface area (Å²) >= 11 is 0. The van der Waals surface area contributed by atoms with Crippen LogP contribution in [0.5, 0.6) is 0 Å². The van der Waals surface area contributed by atoms with Crippen LogP contribution in [-0.4, -0.2) is 18.5 Å². The van der Waals surface area contributed by atoms with Crippen LogP contribution in [0.25, 0.3) is 0 Å². The average Bonchev–Trinajstić information content (AvgIpc) is 2.49. The summed E-state index contributed by atoms with van der Waals surface area (Å²) in [6.07, 6.45) is 4.62. The number of halogens is 1. The van der Waals surface area contributed by atoms with Gasteiger partial charge in [-0.25, -0.2) is 0 Å². The molecule has 1 unspecified atom stereocenters. The molecule has 0 radical (unpaired) electrons. The van der Waals surface area contributed by atoms with Crippen molar-refractivity contribution in [3.05, 3.63) is 35.4 Å². The number of rotatable bonds is 5. The van der Waals surface area contributed by atoms with Crippen LogP contribution in [0.15, 0.2) is 24.3 Å². The molecule has 0 fully saturated rings. The molecule has 0 saturated carbocycles. The van der Waals surface area contributed by atoms with Crippen molar-refractivity contribution in [3.8, 4) is 0 Å². The summed E-state index contributed by atoms with van der Waals surface area (Å²) in [4.78, 5) is 12.5. The smallest absolute Gasteiger partial charge is 0.227 e. The van der Waals surface area contributed by atoms with Gasteiger partial charge < -0.3 is 11.1 Å². The molecule has 0 spiro atoms. The molecule has 0 aromatic heterocycles. The van der Waals surface area contributed by atoms with E-state index in [-0.39, 0.29) is 24.4 Å². The van der Waals surface area contributed by atoms with Crippen LogP contribution < -0.4 is 11.1 Å². The lowest BCUT2D eigenvalue weighted by atomic mass is 9.80. The predicted molar refractivity (Wildman–Crippen MR) is 89.7 cm³/mol. The number of aryl methyl sites for hydroxylation is 1. The average molecular weight is 311 g/mol. The zero-order chi connectivity index (χ0) is 14.6. The van der Waals surface area contributed by atoms with E-state index in [4.69, 9.17) is 5.73 Å². The van der Waals surface area contributed by atoms with E-state index in [9.17, 15) is 4.79 Å². The van der Waals surface area contributed by atoms with Crippen molar-refractivity contribution in [1.29, 1.82) is 0 Å². The number of benzene rings is 1. The van der Waals surface area contributed by atoms with Gasteiger partial charge in [0.15, 0.2) is 0 Å². The van der Waals surface area contributed by atoms with Crippen molar-refractivity contribution in [2.75, 3.05) is 6.54 Å². The number of carbonyl (C=O) groups is 1. The highest BCUT2D eigenvalue weighted by molar-refractivity contribution is 5.85. The Balaban J connectivity index is 0.00000220. The minimum absolute atomic E-state index is 0. The fourth-order valence-corrected chi connectivity index (χ4v) is 3.11. The zero-order valence-electron chi connectivity index (χ0n) is 13.0. The first-order chi connectivity index (χ1) is 9.65. The van der Waals surface area contributed by atoms with Gasteiger partial charge >= 0.3 is 0 Å². The van der Waals surface area contributed by atoms with Crippen molar-refractivity contribution in [2.24, 2.45) is 11.1 Å². The minimum atomic E-state index is -0.392. The topological polar surface area (TPSA) is 55.1 Å². The molecule has 3 N–H and O–H groups in total. The number of nitrogens with two attached hydrogens (primary N) is 1. The fraction of sp³-hybridized carbons (Fsp3) is 0.588. The summed E-state index contributed by atoms with van der Waals surface area (Å²) in [5.74, 6) is 0.134. The SMILES string of the molecule is CCC(CC)(CN)C(=O)NC1CCc2ccccc2C1.Cl. The molecule has 2 rings (SSSR count). The van der Waals surface area contributed by atoms with E-state index in [1.165, 1.54) is 11.1 Å². The lowest BCUT2D eigenvalue weighted by Gasteiger charge is -2.33. The molecule has 4 heteroatoms. The van der Waals surface area contributed by atoms with Crippen LogP contribution in [0, 0.1) is 5.41 Å². The predicted octanol–water partition coefficient (Wildman–Crippen LogP) is 2.85. The molecule has 0 aliphatic heterocycles. The third kappa shape index (κ3) is 3.78. The second kappa shape index (κ2) is 7.81. The summed E-state index contributed by atoms with van der Waals surface area (Å²) in [6.45, 7) is 4.52. The number of carbonyl (C=O) groups excluding carboxylic acids is 1. The van der Waals surface area contributed by atoms with Crippen LogP contribution in [0.4, 0.5) is 0 Å². The number of nitrogens with one attached hydrogen (secondary N) is 1. The number of hydrogen-bond donors (Lipinski definition) is 2. The van der Waals surface area contributed by atoms with Crippen molar-refractivity contribution in [2.45, 2.75) is 52.0 Å². The van der Waals surface area contributed by atoms with Gasteiger partial charge in [-0.1, -0.05) is 38.1 Å². The highest BCUT2D eigenvalue weighted by atomic mass is 35.5. The van der Waals surface area contributed by atoms with Crippen LogP contribution >= 0.6 is 12.4 Å². The molecule has 0 saturated heterocycles. The van der Waals surface area contributed by atoms with Gasteiger partial charge in [0.25, 0.3) is 0 Å². The lowest BCUT2D eigenvalue weighted by molar-refractivity contribution is -0.131. The summed E-state index contributed by atoms with van der Waals surface area (Å²) < 4.78 is 0. The van der Waals surface area contributed by atoms with Crippen molar-refractivity contribution in [3.63, 3.8) is 0 Å². The Morgan fingerprint density at radius 3 is 2.48 bits per heavy atom. The van der Waals surface area contributed by atoms with Gasteiger partial charge in [0.05, 0.1) is 5.41 Å². The van der Waals surface area contributed by atoms with Gasteiger partial charge in [0.1, 0.15) is 0 Å². The van der Waals surface area contributed by atoms with E-state index in [0.29, 0.717) is 6.54 Å². The third-order valence-electron chi connectivity index (χ3n) is 4.91. The largest absolute Gasteiger partial charge is 0.353 e. The first kappa shape index (κ1) is 18.0. The van der Waals surface area contributed by atoms with E-state index in [2.05, 4.69) is 29.6 Å². The van der Waals surface area contributed by atoms with Gasteiger partial charge in [0, 0.05) is 12.6 Å². The lowest BCUT2D eigenvalue weighted by Crippen LogP contribution is -2.50. The minimum Gasteiger partial charge on any atom is -0.353 e. The molecule has 1 aliphatic rings. The summed E-state index contributed by atoms with van der Waals surface area (Å²) in [7, 11) is 0. The number of amides is 1. The van der Waals surface area contributed by atoms with Gasteiger partial charge in [0.2, 0.25) is 5.91 Å². The van der Waals surface area contributed by atoms with Gasteiger partial charge in [-0.2, -0.15) is 0 Å². The molecule has 0 bridgehead atoms. The number of hydrogen-bond acceptors (Lipinski definition) is 2. The molecule has 1 amide bonds. The van der Waals surface area contributed by atoms with Crippen molar-refractivity contribution >= 4 is 18.3 Å². The normalized spacial score (nSPS) is 17.6. The molecule has 1 aliphatic carbocycles. The van der Waals surface area contributed by atoms with Crippen LogP contribution in [0.3, 0.4) is 0 Å². The first-order valence-electron chi connectivity index (χ1n) is 7.73. The van der Waals surface area contributed by atoms with Gasteiger partial charge in [-0.05, 0) is 43.2 Å². The van der Waals surface area contributed by atoms with Gasteiger partial charge in [-0.15, -0.1) is 12.4 Å². The van der Waals surface area contributed by atoms with Crippen LogP contribution in [-0.2, 0) is 17.6 Å². The molecule has 1 aromatic carbocycles. The fourth-order valence-electron chi connectivity index (χ4n) is 3.11. The maximum absolute atomic E-state index is 12.5. The van der Waals surface area contributed by atoms with E-state index >= 15 is 0 Å². The monoisotopic (exact) mass is 310 g/mol. The zero-order valence-corrected chi connectivity index (χ0v) is 13.8. The standard InChI is InChI=1S/C17H26N2O.ClH/c1-3-17(4-2,12-18)16(20)19-15-10-9-13-7-5-6-8-14(13)11-15;/h5-8,15H,3-4,9-12,18H2,1-2H3,(H,19,20);1H. The maximum Gasteiger partial charge on any atom is 0.227 e. The highest BCUT2D eigenvalue weighted by Gasteiger charge is 2.34. The molecule has 0 heterocycles. The summed E-state index contributed by atoms with van der Waals surface area (Å²) in [6, 6.07) is 8.77. The van der Waals surface area contributed by atoms with Crippen LogP contribution in [0.2, 0.25) is 0 Å². The molecular formula is C17H27ClN2O. The van der Waals surface area contributed by atoms with E-state index < -0.39 is 5.41 Å². The highest BCUT2D eigenvalue weighted by Crippen LogP contribution is 2.27. The van der Waals surface area contributed by atoms with Crippen molar-refractivity contribution in [1.82, 2.24) is 5.32 Å². The van der Waals surface area contributed by atoms with Crippen LogP contribution in [0.1, 0.15) is 44.2 Å². The molecule has 118 valence electrons. The second-order valence-electron chi connectivity index (χ2n) is 5.87. The Labute approximate surface area is 134 Å². The Bertz CT molecular complexity index is 463. The second-order valence-corrected chi connectivity index (χ2v) is 5.87. The van der Waals surface area contributed by atoms with E-state index in [1.807, 2.05) is 13.8 Å². The quantitative estimate of drug-likeness (QED) is 0.878. The Kier molecular flexibility index (Phi) is 6.69. The molecule has 1 aromatic rings. The summed E-state index contributed by atoms with van der Waals surface area (Å²) in [5, 5.41) is 3.23. The third-order valence-corrected chi connectivity index (χ3v) is 4.91. The first-order valence-corrected chi connectivity index (χ1v) is 7.73. The molecular weight excluding hydrogens is 284 g/mol. The molecule has 21 heavy (non-hydrogen) atoms. The molecule has 1 atom stereocenters.